The Morgan fingerprint density at radius 2 is 2.07 bits per heavy atom. The van der Waals surface area contributed by atoms with Crippen LogP contribution >= 0.6 is 0 Å². The molecule has 0 aliphatic rings. The Hall–Kier alpha value is -4.14. The molecule has 0 spiro atoms. The Bertz CT molecular complexity index is 1190. The number of furan rings is 1. The normalized spacial score (nSPS) is 10.7. The quantitative estimate of drug-likeness (QED) is 0.458. The maximum atomic E-state index is 11.3. The highest BCUT2D eigenvalue weighted by atomic mass is 16.5. The fourth-order valence-electron chi connectivity index (χ4n) is 2.95. The van der Waals surface area contributed by atoms with Crippen LogP contribution in [-0.4, -0.2) is 34.8 Å². The summed E-state index contributed by atoms with van der Waals surface area (Å²) in [6, 6.07) is 12.7. The predicted octanol–water partition coefficient (Wildman–Crippen LogP) is 3.09. The Morgan fingerprint density at radius 3 is 2.90 bits per heavy atom. The molecule has 0 fully saturated rings. The second-order valence-electron chi connectivity index (χ2n) is 6.35. The van der Waals surface area contributed by atoms with Crippen molar-refractivity contribution in [1.29, 1.82) is 0 Å². The van der Waals surface area contributed by atoms with Crippen LogP contribution in [0.3, 0.4) is 0 Å². The van der Waals surface area contributed by atoms with Crippen LogP contribution in [0.25, 0.3) is 11.0 Å². The van der Waals surface area contributed by atoms with Crippen LogP contribution in [0.2, 0.25) is 0 Å². The molecule has 3 aromatic heterocycles. The first-order chi connectivity index (χ1) is 14.7. The first kappa shape index (κ1) is 19.2. The van der Waals surface area contributed by atoms with Crippen molar-refractivity contribution >= 4 is 28.4 Å². The number of para-hydroxylation sites is 2. The molecule has 0 saturated heterocycles. The van der Waals surface area contributed by atoms with Gasteiger partial charge in [-0.15, -0.1) is 10.2 Å². The minimum atomic E-state index is -0.570. The molecule has 9 nitrogen and oxygen atoms in total. The highest BCUT2D eigenvalue weighted by Gasteiger charge is 2.15. The van der Waals surface area contributed by atoms with E-state index in [0.717, 1.165) is 16.6 Å². The number of rotatable bonds is 8. The lowest BCUT2D eigenvalue weighted by Crippen LogP contribution is -2.13. The molecule has 3 heterocycles. The van der Waals surface area contributed by atoms with Crippen LogP contribution in [0.15, 0.2) is 59.3 Å². The van der Waals surface area contributed by atoms with Gasteiger partial charge in [0.2, 0.25) is 5.58 Å². The van der Waals surface area contributed by atoms with Crippen LogP contribution < -0.4 is 20.5 Å². The number of nitrogens with zero attached hydrogens (tertiary/aromatic N) is 3. The topological polar surface area (TPSA) is 125 Å². The van der Waals surface area contributed by atoms with Gasteiger partial charge < -0.3 is 24.9 Å². The molecule has 0 aliphatic carbocycles. The van der Waals surface area contributed by atoms with Gasteiger partial charge in [-0.2, -0.15) is 0 Å². The zero-order chi connectivity index (χ0) is 20.9. The van der Waals surface area contributed by atoms with Gasteiger partial charge in [0, 0.05) is 12.6 Å². The van der Waals surface area contributed by atoms with E-state index >= 15 is 0 Å². The number of hydrogen-bond donors (Lipinski definition) is 2. The van der Waals surface area contributed by atoms with Crippen LogP contribution in [0.1, 0.15) is 16.1 Å². The molecule has 0 aliphatic heterocycles. The number of nitrogens with one attached hydrogen (secondary N) is 1. The first-order valence-corrected chi connectivity index (χ1v) is 9.17. The minimum Gasteiger partial charge on any atom is -0.495 e. The summed E-state index contributed by atoms with van der Waals surface area (Å²) in [6.07, 6.45) is 3.63. The summed E-state index contributed by atoms with van der Waals surface area (Å²) in [7, 11) is 1.60. The fraction of sp³-hybridized carbons (Fsp3) is 0.143. The molecular formula is C21H19N5O4. The molecule has 3 N–H and O–H groups in total. The van der Waals surface area contributed by atoms with E-state index in [4.69, 9.17) is 19.6 Å². The zero-order valence-corrected chi connectivity index (χ0v) is 16.2. The summed E-state index contributed by atoms with van der Waals surface area (Å²) in [5.74, 6) is 0.920. The summed E-state index contributed by atoms with van der Waals surface area (Å²) in [5, 5.41) is 12.3. The van der Waals surface area contributed by atoms with Crippen LogP contribution in [0, 0.1) is 0 Å². The molecule has 1 aromatic carbocycles. The van der Waals surface area contributed by atoms with Crippen LogP contribution in [0.4, 0.5) is 11.5 Å². The number of hydrogen-bond acceptors (Lipinski definition) is 8. The fourth-order valence-corrected chi connectivity index (χ4v) is 2.95. The SMILES string of the molecule is COc1ccccc1Nc1nnc(OCCc2ccnc(C(N)=O)c2)c2occc12. The molecule has 4 aromatic rings. The maximum Gasteiger partial charge on any atom is 0.277 e. The molecule has 1 amide bonds. The van der Waals surface area contributed by atoms with E-state index in [1.807, 2.05) is 24.3 Å². The molecule has 0 unspecified atom stereocenters. The highest BCUT2D eigenvalue weighted by molar-refractivity contribution is 5.92. The van der Waals surface area contributed by atoms with Gasteiger partial charge in [0.1, 0.15) is 11.4 Å². The molecule has 9 heteroatoms. The lowest BCUT2D eigenvalue weighted by atomic mass is 10.2. The van der Waals surface area contributed by atoms with Crippen molar-refractivity contribution in [3.63, 3.8) is 0 Å². The van der Waals surface area contributed by atoms with Gasteiger partial charge >= 0.3 is 0 Å². The lowest BCUT2D eigenvalue weighted by molar-refractivity contribution is 0.0995. The Balaban J connectivity index is 1.50. The maximum absolute atomic E-state index is 11.3. The van der Waals surface area contributed by atoms with Gasteiger partial charge in [0.25, 0.3) is 11.8 Å². The largest absolute Gasteiger partial charge is 0.495 e. The van der Waals surface area contributed by atoms with Crippen molar-refractivity contribution in [1.82, 2.24) is 15.2 Å². The number of anilines is 2. The summed E-state index contributed by atoms with van der Waals surface area (Å²) < 4.78 is 16.7. The Kier molecular flexibility index (Phi) is 5.42. The zero-order valence-electron chi connectivity index (χ0n) is 16.2. The molecule has 152 valence electrons. The number of amides is 1. The second-order valence-corrected chi connectivity index (χ2v) is 6.35. The summed E-state index contributed by atoms with van der Waals surface area (Å²) in [4.78, 5) is 15.2. The number of fused-ring (bicyclic) bond motifs is 1. The molecule has 0 atom stereocenters. The number of methoxy groups -OCH3 is 1. The average Bonchev–Trinajstić information content (AvgIpc) is 3.26. The van der Waals surface area contributed by atoms with E-state index < -0.39 is 5.91 Å². The smallest absolute Gasteiger partial charge is 0.277 e. The number of carbonyl (C=O) groups excluding carboxylic acids is 1. The second kappa shape index (κ2) is 8.48. The third-order valence-electron chi connectivity index (χ3n) is 4.42. The number of nitrogens with two attached hydrogens (primary N) is 1. The van der Waals surface area contributed by atoms with Gasteiger partial charge in [-0.05, 0) is 35.9 Å². The predicted molar refractivity (Wildman–Crippen MR) is 110 cm³/mol. The average molecular weight is 405 g/mol. The van der Waals surface area contributed by atoms with Crippen molar-refractivity contribution < 1.29 is 18.7 Å². The van der Waals surface area contributed by atoms with Crippen molar-refractivity contribution in [2.75, 3.05) is 19.0 Å². The standard InChI is InChI=1S/C21H19N5O4/c1-28-17-5-3-2-4-15(17)24-20-14-8-11-29-18(14)21(26-25-20)30-10-7-13-6-9-23-16(12-13)19(22)27/h2-6,8-9,11-12H,7,10H2,1H3,(H2,22,27)(H,24,25). The monoisotopic (exact) mass is 405 g/mol. The van der Waals surface area contributed by atoms with Gasteiger partial charge in [0.15, 0.2) is 5.82 Å². The van der Waals surface area contributed by atoms with Gasteiger partial charge in [0.05, 0.1) is 31.1 Å². The number of benzene rings is 1. The third kappa shape index (κ3) is 4.00. The van der Waals surface area contributed by atoms with Crippen LogP contribution in [0.5, 0.6) is 11.6 Å². The summed E-state index contributed by atoms with van der Waals surface area (Å²) in [5.41, 5.74) is 7.59. The van der Waals surface area contributed by atoms with Crippen molar-refractivity contribution in [2.24, 2.45) is 5.73 Å². The van der Waals surface area contributed by atoms with E-state index in [2.05, 4.69) is 20.5 Å². The van der Waals surface area contributed by atoms with E-state index in [1.165, 1.54) is 6.20 Å². The first-order valence-electron chi connectivity index (χ1n) is 9.17. The molecule has 0 saturated carbocycles. The highest BCUT2D eigenvalue weighted by Crippen LogP contribution is 2.33. The molecule has 0 bridgehead atoms. The van der Waals surface area contributed by atoms with E-state index in [1.54, 1.807) is 31.6 Å². The number of carbonyl (C=O) groups is 1. The third-order valence-corrected chi connectivity index (χ3v) is 4.42. The minimum absolute atomic E-state index is 0.215. The van der Waals surface area contributed by atoms with Crippen LogP contribution in [-0.2, 0) is 6.42 Å². The van der Waals surface area contributed by atoms with E-state index in [0.29, 0.717) is 30.2 Å². The van der Waals surface area contributed by atoms with Gasteiger partial charge in [-0.3, -0.25) is 9.78 Å². The van der Waals surface area contributed by atoms with E-state index in [-0.39, 0.29) is 11.6 Å². The van der Waals surface area contributed by atoms with Gasteiger partial charge in [-0.25, -0.2) is 0 Å². The molecular weight excluding hydrogens is 386 g/mol. The number of ether oxygens (including phenoxy) is 2. The number of primary amides is 1. The Labute approximate surface area is 171 Å². The van der Waals surface area contributed by atoms with Crippen molar-refractivity contribution in [2.45, 2.75) is 6.42 Å². The lowest BCUT2D eigenvalue weighted by Gasteiger charge is -2.11. The van der Waals surface area contributed by atoms with Crippen molar-refractivity contribution in [3.8, 4) is 11.6 Å². The van der Waals surface area contributed by atoms with Gasteiger partial charge in [-0.1, -0.05) is 12.1 Å². The number of aromatic nitrogens is 3. The molecule has 0 radical (unpaired) electrons. The molecule has 30 heavy (non-hydrogen) atoms. The Morgan fingerprint density at radius 1 is 1.20 bits per heavy atom. The summed E-state index contributed by atoms with van der Waals surface area (Å²) >= 11 is 0. The number of pyridine rings is 1. The van der Waals surface area contributed by atoms with Crippen molar-refractivity contribution in [3.05, 3.63) is 66.2 Å². The summed E-state index contributed by atoms with van der Waals surface area (Å²) in [6.45, 7) is 0.311. The molecule has 4 rings (SSSR count). The van der Waals surface area contributed by atoms with E-state index in [9.17, 15) is 4.79 Å².